The van der Waals surface area contributed by atoms with Gasteiger partial charge in [0.05, 0.1) is 6.04 Å². The van der Waals surface area contributed by atoms with Crippen LogP contribution >= 0.6 is 0 Å². The molecule has 104 valence electrons. The molecule has 19 heavy (non-hydrogen) atoms. The van der Waals surface area contributed by atoms with E-state index in [1.807, 2.05) is 6.92 Å². The third-order valence-electron chi connectivity index (χ3n) is 3.09. The highest BCUT2D eigenvalue weighted by Gasteiger charge is 2.37. The van der Waals surface area contributed by atoms with E-state index in [1.54, 1.807) is 30.3 Å². The van der Waals surface area contributed by atoms with Crippen molar-refractivity contribution in [3.8, 4) is 0 Å². The fraction of sp³-hybridized carbons (Fsp3) is 0.429. The third-order valence-corrected chi connectivity index (χ3v) is 3.09. The van der Waals surface area contributed by atoms with Gasteiger partial charge >= 0.3 is 5.97 Å². The molecule has 5 heteroatoms. The van der Waals surface area contributed by atoms with Gasteiger partial charge in [0.15, 0.2) is 5.54 Å². The Labute approximate surface area is 112 Å². The highest BCUT2D eigenvalue weighted by atomic mass is 16.4. The molecule has 0 fully saturated rings. The Bertz CT molecular complexity index is 447. The lowest BCUT2D eigenvalue weighted by molar-refractivity contribution is -0.147. The first-order valence-corrected chi connectivity index (χ1v) is 6.28. The Hall–Kier alpha value is -1.88. The predicted molar refractivity (Wildman–Crippen MR) is 72.5 cm³/mol. The minimum Gasteiger partial charge on any atom is -0.479 e. The number of hydrogen-bond acceptors (Lipinski definition) is 3. The van der Waals surface area contributed by atoms with Gasteiger partial charge in [-0.3, -0.25) is 4.79 Å². The van der Waals surface area contributed by atoms with Gasteiger partial charge in [-0.1, -0.05) is 43.7 Å². The van der Waals surface area contributed by atoms with E-state index < -0.39 is 23.5 Å². The van der Waals surface area contributed by atoms with Crippen LogP contribution in [-0.2, 0) is 15.1 Å². The Morgan fingerprint density at radius 1 is 1.37 bits per heavy atom. The second-order valence-electron chi connectivity index (χ2n) is 4.68. The lowest BCUT2D eigenvalue weighted by Gasteiger charge is -2.28. The quantitative estimate of drug-likeness (QED) is 0.720. The summed E-state index contributed by atoms with van der Waals surface area (Å²) in [6, 6.07) is 7.89. The Morgan fingerprint density at radius 2 is 1.95 bits per heavy atom. The van der Waals surface area contributed by atoms with E-state index in [1.165, 1.54) is 6.92 Å². The lowest BCUT2D eigenvalue weighted by Crippen LogP contribution is -2.54. The molecule has 0 spiro atoms. The van der Waals surface area contributed by atoms with Gasteiger partial charge in [0.1, 0.15) is 0 Å². The van der Waals surface area contributed by atoms with E-state index in [0.29, 0.717) is 12.0 Å². The third kappa shape index (κ3) is 3.54. The molecule has 0 aromatic heterocycles. The van der Waals surface area contributed by atoms with Crippen LogP contribution < -0.4 is 11.1 Å². The SMILES string of the molecule is CCC[C@H](N)C(=O)NC(C)(C(=O)O)c1ccccc1. The van der Waals surface area contributed by atoms with Crippen molar-refractivity contribution in [1.29, 1.82) is 0 Å². The van der Waals surface area contributed by atoms with Gasteiger partial charge in [0.2, 0.25) is 5.91 Å². The van der Waals surface area contributed by atoms with Crippen LogP contribution in [0.15, 0.2) is 30.3 Å². The van der Waals surface area contributed by atoms with Crippen LogP contribution in [0.2, 0.25) is 0 Å². The molecule has 0 saturated carbocycles. The second-order valence-corrected chi connectivity index (χ2v) is 4.68. The highest BCUT2D eigenvalue weighted by Crippen LogP contribution is 2.21. The highest BCUT2D eigenvalue weighted by molar-refractivity contribution is 5.90. The largest absolute Gasteiger partial charge is 0.479 e. The Morgan fingerprint density at radius 3 is 2.42 bits per heavy atom. The zero-order chi connectivity index (χ0) is 14.5. The molecule has 0 heterocycles. The van der Waals surface area contributed by atoms with Crippen molar-refractivity contribution in [2.45, 2.75) is 38.3 Å². The summed E-state index contributed by atoms with van der Waals surface area (Å²) in [5, 5.41) is 11.9. The summed E-state index contributed by atoms with van der Waals surface area (Å²) < 4.78 is 0. The molecule has 0 bridgehead atoms. The lowest BCUT2D eigenvalue weighted by atomic mass is 9.91. The summed E-state index contributed by atoms with van der Waals surface area (Å²) in [7, 11) is 0. The normalized spacial score (nSPS) is 15.3. The molecular formula is C14H20N2O3. The number of amides is 1. The van der Waals surface area contributed by atoms with E-state index in [2.05, 4.69) is 5.32 Å². The number of aliphatic carboxylic acids is 1. The number of carboxylic acids is 1. The van der Waals surface area contributed by atoms with Gasteiger partial charge in [-0.2, -0.15) is 0 Å². The maximum absolute atomic E-state index is 11.9. The number of carbonyl (C=O) groups excluding carboxylic acids is 1. The summed E-state index contributed by atoms with van der Waals surface area (Å²) in [6.07, 6.45) is 1.29. The smallest absolute Gasteiger partial charge is 0.333 e. The average molecular weight is 264 g/mol. The van der Waals surface area contributed by atoms with Crippen molar-refractivity contribution >= 4 is 11.9 Å². The molecule has 1 unspecified atom stereocenters. The van der Waals surface area contributed by atoms with Crippen LogP contribution in [0.4, 0.5) is 0 Å². The first-order chi connectivity index (χ1) is 8.91. The number of nitrogens with one attached hydrogen (secondary N) is 1. The molecule has 2 atom stereocenters. The second kappa shape index (κ2) is 6.33. The minimum atomic E-state index is -1.47. The van der Waals surface area contributed by atoms with E-state index in [-0.39, 0.29) is 0 Å². The average Bonchev–Trinajstić information content (AvgIpc) is 2.39. The van der Waals surface area contributed by atoms with Crippen LogP contribution in [0.5, 0.6) is 0 Å². The molecular weight excluding hydrogens is 244 g/mol. The zero-order valence-corrected chi connectivity index (χ0v) is 11.2. The molecule has 0 radical (unpaired) electrons. The van der Waals surface area contributed by atoms with Gasteiger partial charge in [-0.15, -0.1) is 0 Å². The molecule has 0 aliphatic rings. The van der Waals surface area contributed by atoms with Gasteiger partial charge in [0, 0.05) is 0 Å². The van der Waals surface area contributed by atoms with Crippen LogP contribution in [0.3, 0.4) is 0 Å². The number of hydrogen-bond donors (Lipinski definition) is 3. The number of carboxylic acid groups (broad SMARTS) is 1. The molecule has 5 nitrogen and oxygen atoms in total. The first-order valence-electron chi connectivity index (χ1n) is 6.28. The topological polar surface area (TPSA) is 92.4 Å². The van der Waals surface area contributed by atoms with Crippen molar-refractivity contribution in [3.05, 3.63) is 35.9 Å². The van der Waals surface area contributed by atoms with Crippen LogP contribution in [0, 0.1) is 0 Å². The van der Waals surface area contributed by atoms with Crippen molar-refractivity contribution in [2.24, 2.45) is 5.73 Å². The summed E-state index contributed by atoms with van der Waals surface area (Å²) in [5.41, 5.74) is 4.75. The van der Waals surface area contributed by atoms with Crippen molar-refractivity contribution in [2.75, 3.05) is 0 Å². The van der Waals surface area contributed by atoms with Crippen molar-refractivity contribution in [1.82, 2.24) is 5.32 Å². The molecule has 4 N–H and O–H groups in total. The Kier molecular flexibility index (Phi) is 5.06. The van der Waals surface area contributed by atoms with E-state index in [0.717, 1.165) is 6.42 Å². The number of nitrogens with two attached hydrogens (primary N) is 1. The monoisotopic (exact) mass is 264 g/mol. The molecule has 1 amide bonds. The summed E-state index contributed by atoms with van der Waals surface area (Å²) in [4.78, 5) is 23.4. The fourth-order valence-electron chi connectivity index (χ4n) is 1.80. The maximum atomic E-state index is 11.9. The van der Waals surface area contributed by atoms with Crippen LogP contribution in [0.25, 0.3) is 0 Å². The number of rotatable bonds is 6. The Balaban J connectivity index is 2.96. The summed E-state index contributed by atoms with van der Waals surface area (Å²) in [6.45, 7) is 3.38. The number of benzene rings is 1. The fourth-order valence-corrected chi connectivity index (χ4v) is 1.80. The van der Waals surface area contributed by atoms with E-state index in [9.17, 15) is 14.7 Å². The van der Waals surface area contributed by atoms with Gasteiger partial charge in [-0.25, -0.2) is 4.79 Å². The summed E-state index contributed by atoms with van der Waals surface area (Å²) in [5.74, 6) is -1.56. The minimum absolute atomic E-state index is 0.449. The number of carbonyl (C=O) groups is 2. The van der Waals surface area contributed by atoms with Crippen molar-refractivity contribution in [3.63, 3.8) is 0 Å². The molecule has 0 aliphatic heterocycles. The predicted octanol–water partition coefficient (Wildman–Crippen LogP) is 1.23. The van der Waals surface area contributed by atoms with Crippen molar-refractivity contribution < 1.29 is 14.7 Å². The van der Waals surface area contributed by atoms with Gasteiger partial charge < -0.3 is 16.2 Å². The first kappa shape index (κ1) is 15.2. The summed E-state index contributed by atoms with van der Waals surface area (Å²) >= 11 is 0. The standard InChI is InChI=1S/C14H20N2O3/c1-3-7-11(15)12(17)16-14(2,13(18)19)10-8-5-4-6-9-10/h4-6,8-9,11H,3,7,15H2,1-2H3,(H,16,17)(H,18,19)/t11-,14?/m0/s1. The van der Waals surface area contributed by atoms with Gasteiger partial charge in [0.25, 0.3) is 0 Å². The van der Waals surface area contributed by atoms with Crippen LogP contribution in [-0.4, -0.2) is 23.0 Å². The molecule has 1 aromatic carbocycles. The van der Waals surface area contributed by atoms with Crippen LogP contribution in [0.1, 0.15) is 32.3 Å². The van der Waals surface area contributed by atoms with E-state index >= 15 is 0 Å². The zero-order valence-electron chi connectivity index (χ0n) is 11.2. The molecule has 0 aliphatic carbocycles. The van der Waals surface area contributed by atoms with Gasteiger partial charge in [-0.05, 0) is 18.9 Å². The molecule has 1 rings (SSSR count). The maximum Gasteiger partial charge on any atom is 0.333 e. The molecule has 1 aromatic rings. The van der Waals surface area contributed by atoms with E-state index in [4.69, 9.17) is 5.73 Å². The molecule has 0 saturated heterocycles.